The Labute approximate surface area is 209 Å². The number of amides is 1. The van der Waals surface area contributed by atoms with Crippen LogP contribution < -0.4 is 9.73 Å². The van der Waals surface area contributed by atoms with Crippen LogP contribution >= 0.6 is 0 Å². The first-order valence-electron chi connectivity index (χ1n) is 11.5. The van der Waals surface area contributed by atoms with Crippen LogP contribution in [0, 0.1) is 12.7 Å². The van der Waals surface area contributed by atoms with Gasteiger partial charge in [-0.3, -0.25) is 9.10 Å². The molecule has 0 aromatic heterocycles. The highest BCUT2D eigenvalue weighted by Crippen LogP contribution is 2.32. The Morgan fingerprint density at radius 1 is 0.972 bits per heavy atom. The molecule has 0 atom stereocenters. The van der Waals surface area contributed by atoms with E-state index in [9.17, 15) is 17.6 Å². The Hall–Kier alpha value is -4.04. The number of aryl methyl sites for hydroxylation is 3. The Morgan fingerprint density at radius 3 is 2.39 bits per heavy atom. The molecule has 0 heterocycles. The molecule has 6 nitrogen and oxygen atoms in total. The van der Waals surface area contributed by atoms with Crippen molar-refractivity contribution in [2.24, 2.45) is 5.10 Å². The van der Waals surface area contributed by atoms with Crippen LogP contribution in [-0.2, 0) is 27.7 Å². The van der Waals surface area contributed by atoms with E-state index >= 15 is 0 Å². The van der Waals surface area contributed by atoms with Gasteiger partial charge in [-0.15, -0.1) is 0 Å². The van der Waals surface area contributed by atoms with E-state index < -0.39 is 28.3 Å². The van der Waals surface area contributed by atoms with Crippen LogP contribution in [0.5, 0.6) is 0 Å². The third-order valence-corrected chi connectivity index (χ3v) is 8.10. The Balaban J connectivity index is 1.38. The molecule has 1 N–H and O–H groups in total. The molecule has 0 bridgehead atoms. The third-order valence-electron chi connectivity index (χ3n) is 6.31. The molecule has 182 valence electrons. The topological polar surface area (TPSA) is 78.8 Å². The van der Waals surface area contributed by atoms with E-state index in [0.29, 0.717) is 0 Å². The first-order valence-corrected chi connectivity index (χ1v) is 13.0. The molecule has 0 saturated heterocycles. The molecule has 4 aromatic rings. The monoisotopic (exact) mass is 501 g/mol. The molecule has 0 fully saturated rings. The summed E-state index contributed by atoms with van der Waals surface area (Å²) >= 11 is 0. The van der Waals surface area contributed by atoms with Crippen LogP contribution in [0.3, 0.4) is 0 Å². The van der Waals surface area contributed by atoms with Crippen molar-refractivity contribution in [3.8, 4) is 0 Å². The third kappa shape index (κ3) is 4.59. The Bertz CT molecular complexity index is 1570. The van der Waals surface area contributed by atoms with Crippen LogP contribution in [0.25, 0.3) is 10.8 Å². The molecular formula is C28H24FN3O3S. The number of halogens is 1. The molecule has 0 radical (unpaired) electrons. The van der Waals surface area contributed by atoms with E-state index in [0.717, 1.165) is 45.8 Å². The maximum absolute atomic E-state index is 13.5. The highest BCUT2D eigenvalue weighted by atomic mass is 32.2. The van der Waals surface area contributed by atoms with Crippen LogP contribution in [0.2, 0.25) is 0 Å². The minimum Gasteiger partial charge on any atom is -0.271 e. The van der Waals surface area contributed by atoms with Gasteiger partial charge in [-0.05, 0) is 78.1 Å². The van der Waals surface area contributed by atoms with Gasteiger partial charge in [0.1, 0.15) is 12.4 Å². The Kier molecular flexibility index (Phi) is 6.28. The van der Waals surface area contributed by atoms with Crippen LogP contribution in [-0.4, -0.2) is 27.1 Å². The number of nitrogens with zero attached hydrogens (tertiary/aromatic N) is 2. The number of rotatable bonds is 7. The summed E-state index contributed by atoms with van der Waals surface area (Å²) in [4.78, 5) is 12.8. The predicted octanol–water partition coefficient (Wildman–Crippen LogP) is 4.73. The quantitative estimate of drug-likeness (QED) is 0.294. The first-order chi connectivity index (χ1) is 17.3. The second-order valence-electron chi connectivity index (χ2n) is 8.75. The number of hydrogen-bond acceptors (Lipinski definition) is 4. The van der Waals surface area contributed by atoms with Crippen molar-refractivity contribution >= 4 is 38.6 Å². The van der Waals surface area contributed by atoms with E-state index in [4.69, 9.17) is 0 Å². The maximum atomic E-state index is 13.5. The largest absolute Gasteiger partial charge is 0.271 e. The summed E-state index contributed by atoms with van der Waals surface area (Å²) in [5.74, 6) is -1.14. The number of carbonyl (C=O) groups excluding carboxylic acids is 1. The van der Waals surface area contributed by atoms with Gasteiger partial charge in [-0.1, -0.05) is 48.0 Å². The average Bonchev–Trinajstić information content (AvgIpc) is 3.29. The molecule has 4 aromatic carbocycles. The SMILES string of the molecule is Cc1ccc(S(=O)(=O)N(CC(=O)N/N=C/c2ccc3c4c(cccc24)CC3)c2ccc(F)cc2)cc1. The summed E-state index contributed by atoms with van der Waals surface area (Å²) in [7, 11) is -4.09. The zero-order chi connectivity index (χ0) is 25.3. The average molecular weight is 502 g/mol. The first kappa shape index (κ1) is 23.7. The van der Waals surface area contributed by atoms with Crippen molar-refractivity contribution in [2.75, 3.05) is 10.8 Å². The fourth-order valence-electron chi connectivity index (χ4n) is 4.48. The molecular weight excluding hydrogens is 477 g/mol. The molecule has 5 rings (SSSR count). The van der Waals surface area contributed by atoms with Crippen molar-refractivity contribution in [3.05, 3.63) is 107 Å². The summed E-state index contributed by atoms with van der Waals surface area (Å²) in [5, 5.41) is 6.39. The Morgan fingerprint density at radius 2 is 1.67 bits per heavy atom. The van der Waals surface area contributed by atoms with E-state index in [1.165, 1.54) is 40.8 Å². The van der Waals surface area contributed by atoms with Crippen molar-refractivity contribution in [1.29, 1.82) is 0 Å². The highest BCUT2D eigenvalue weighted by Gasteiger charge is 2.27. The molecule has 1 aliphatic carbocycles. The molecule has 1 amide bonds. The fourth-order valence-corrected chi connectivity index (χ4v) is 5.90. The smallest absolute Gasteiger partial charge is 0.264 e. The van der Waals surface area contributed by atoms with Gasteiger partial charge in [-0.25, -0.2) is 18.2 Å². The van der Waals surface area contributed by atoms with Gasteiger partial charge >= 0.3 is 0 Å². The fraction of sp³-hybridized carbons (Fsp3) is 0.143. The van der Waals surface area contributed by atoms with E-state index in [-0.39, 0.29) is 10.6 Å². The lowest BCUT2D eigenvalue weighted by molar-refractivity contribution is -0.119. The molecule has 8 heteroatoms. The lowest BCUT2D eigenvalue weighted by Gasteiger charge is -2.23. The van der Waals surface area contributed by atoms with Crippen LogP contribution in [0.4, 0.5) is 10.1 Å². The minimum atomic E-state index is -4.09. The van der Waals surface area contributed by atoms with Gasteiger partial charge in [0, 0.05) is 5.56 Å². The molecule has 0 aliphatic heterocycles. The molecule has 0 saturated carbocycles. The van der Waals surface area contributed by atoms with Gasteiger partial charge in [0.2, 0.25) is 0 Å². The number of carbonyl (C=O) groups is 1. The van der Waals surface area contributed by atoms with E-state index in [1.54, 1.807) is 18.3 Å². The van der Waals surface area contributed by atoms with Gasteiger partial charge in [0.25, 0.3) is 15.9 Å². The number of benzene rings is 4. The van der Waals surface area contributed by atoms with Crippen molar-refractivity contribution in [1.82, 2.24) is 5.43 Å². The van der Waals surface area contributed by atoms with E-state index in [2.05, 4.69) is 22.7 Å². The standard InChI is InChI=1S/C28H24FN3O3S/c1-19-5-15-25(16-6-19)36(34,35)32(24-13-11-23(29)12-14-24)18-27(33)31-30-17-22-10-9-21-8-7-20-3-2-4-26(22)28(20)21/h2-6,9-17H,7-8,18H2,1H3,(H,31,33)/b30-17+. The second-order valence-corrected chi connectivity index (χ2v) is 10.6. The summed E-state index contributed by atoms with van der Waals surface area (Å²) in [5.41, 5.74) is 6.97. The minimum absolute atomic E-state index is 0.0293. The highest BCUT2D eigenvalue weighted by molar-refractivity contribution is 7.92. The lowest BCUT2D eigenvalue weighted by Crippen LogP contribution is -2.39. The summed E-state index contributed by atoms with van der Waals surface area (Å²) < 4.78 is 41.2. The van der Waals surface area contributed by atoms with Crippen molar-refractivity contribution < 1.29 is 17.6 Å². The lowest BCUT2D eigenvalue weighted by atomic mass is 10.0. The molecule has 36 heavy (non-hydrogen) atoms. The van der Waals surface area contributed by atoms with Gasteiger partial charge in [0.15, 0.2) is 0 Å². The molecule has 1 aliphatic rings. The van der Waals surface area contributed by atoms with Gasteiger partial charge in [-0.2, -0.15) is 5.10 Å². The molecule has 0 spiro atoms. The van der Waals surface area contributed by atoms with Crippen LogP contribution in [0.1, 0.15) is 22.3 Å². The maximum Gasteiger partial charge on any atom is 0.264 e. The van der Waals surface area contributed by atoms with Crippen molar-refractivity contribution in [3.63, 3.8) is 0 Å². The second kappa shape index (κ2) is 9.54. The number of nitrogens with one attached hydrogen (secondary N) is 1. The van der Waals surface area contributed by atoms with Gasteiger partial charge < -0.3 is 0 Å². The number of anilines is 1. The summed E-state index contributed by atoms with van der Waals surface area (Å²) in [6.07, 6.45) is 3.59. The number of hydrogen-bond donors (Lipinski definition) is 1. The number of hydrazone groups is 1. The van der Waals surface area contributed by atoms with Crippen LogP contribution in [0.15, 0.2) is 88.9 Å². The normalized spacial score (nSPS) is 12.8. The predicted molar refractivity (Wildman–Crippen MR) is 139 cm³/mol. The number of sulfonamides is 1. The molecule has 0 unspecified atom stereocenters. The summed E-state index contributed by atoms with van der Waals surface area (Å²) in [6, 6.07) is 21.5. The van der Waals surface area contributed by atoms with Crippen molar-refractivity contribution in [2.45, 2.75) is 24.7 Å². The van der Waals surface area contributed by atoms with E-state index in [1.807, 2.05) is 25.1 Å². The zero-order valence-corrected chi connectivity index (χ0v) is 20.4. The van der Waals surface area contributed by atoms with Gasteiger partial charge in [0.05, 0.1) is 16.8 Å². The summed E-state index contributed by atoms with van der Waals surface area (Å²) in [6.45, 7) is 1.32. The zero-order valence-electron chi connectivity index (χ0n) is 19.6.